The smallest absolute Gasteiger partial charge is 0.374 e. The van der Waals surface area contributed by atoms with Crippen LogP contribution in [0.25, 0.3) is 0 Å². The Bertz CT molecular complexity index is 1350. The molecule has 4 amide bonds. The van der Waals surface area contributed by atoms with Crippen LogP contribution in [0.5, 0.6) is 0 Å². The van der Waals surface area contributed by atoms with Crippen LogP contribution in [-0.2, 0) is 52.7 Å². The first-order valence-corrected chi connectivity index (χ1v) is 22.8. The average molecular weight is 793 g/mol. The number of carbonyl (C=O) groups excluding carboxylic acids is 2. The summed E-state index contributed by atoms with van der Waals surface area (Å²) in [7, 11) is -5.45. The Hall–Kier alpha value is -3.77. The van der Waals surface area contributed by atoms with Gasteiger partial charge in [0, 0.05) is 64.8 Å². The molecular weight excluding hydrogens is 733 g/mol. The van der Waals surface area contributed by atoms with Crippen LogP contribution in [0.2, 0.25) is 12.1 Å². The second-order valence-corrected chi connectivity index (χ2v) is 17.5. The van der Waals surface area contributed by atoms with Crippen molar-refractivity contribution in [1.82, 2.24) is 51.3 Å². The number of nitrogens with zero attached hydrogens (tertiary/aromatic N) is 6. The van der Waals surface area contributed by atoms with Crippen LogP contribution in [0, 0.1) is 0 Å². The largest absolute Gasteiger partial charge is 0.500 e. The molecular formula is C34H60N10O8Si2. The van der Waals surface area contributed by atoms with E-state index in [1.54, 1.807) is 9.36 Å². The zero-order valence-corrected chi connectivity index (χ0v) is 34.7. The molecule has 20 heteroatoms. The van der Waals surface area contributed by atoms with Crippen LogP contribution in [0.3, 0.4) is 0 Å². The van der Waals surface area contributed by atoms with E-state index in [4.69, 9.17) is 26.6 Å². The molecule has 0 atom stereocenters. The molecule has 0 fully saturated rings. The summed E-state index contributed by atoms with van der Waals surface area (Å²) in [6.45, 7) is 17.2. The van der Waals surface area contributed by atoms with E-state index in [9.17, 15) is 9.59 Å². The number of carbonyl (C=O) groups is 2. The number of urea groups is 2. The molecule has 0 aliphatic rings. The predicted octanol–water partition coefficient (Wildman–Crippen LogP) is 3.44. The molecule has 3 aromatic rings. The number of hydrogen-bond donors (Lipinski definition) is 4. The maximum absolute atomic E-state index is 12.4. The van der Waals surface area contributed by atoms with Crippen LogP contribution in [0.4, 0.5) is 9.59 Å². The van der Waals surface area contributed by atoms with Crippen molar-refractivity contribution in [3.05, 3.63) is 59.2 Å². The number of benzene rings is 1. The van der Waals surface area contributed by atoms with Gasteiger partial charge in [0.05, 0.1) is 38.6 Å². The van der Waals surface area contributed by atoms with Gasteiger partial charge in [0.2, 0.25) is 0 Å². The minimum absolute atomic E-state index is 0.251. The molecule has 2 heterocycles. The van der Waals surface area contributed by atoms with Crippen LogP contribution < -0.4 is 21.3 Å². The third-order valence-electron chi connectivity index (χ3n) is 7.82. The molecule has 54 heavy (non-hydrogen) atoms. The third-order valence-corrected chi connectivity index (χ3v) is 14.1. The fourth-order valence-electron chi connectivity index (χ4n) is 5.60. The maximum Gasteiger partial charge on any atom is 0.500 e. The number of amides is 4. The van der Waals surface area contributed by atoms with Crippen molar-refractivity contribution >= 4 is 29.7 Å². The zero-order valence-electron chi connectivity index (χ0n) is 32.7. The van der Waals surface area contributed by atoms with Gasteiger partial charge < -0.3 is 47.8 Å². The Balaban J connectivity index is 1.35. The lowest BCUT2D eigenvalue weighted by molar-refractivity contribution is 0.0700. The summed E-state index contributed by atoms with van der Waals surface area (Å²) in [4.78, 5) is 24.7. The minimum Gasteiger partial charge on any atom is -0.374 e. The monoisotopic (exact) mass is 792 g/mol. The molecule has 1 aromatic carbocycles. The van der Waals surface area contributed by atoms with Crippen molar-refractivity contribution in [2.45, 2.75) is 92.7 Å². The minimum atomic E-state index is -2.73. The van der Waals surface area contributed by atoms with E-state index in [2.05, 4.69) is 41.9 Å². The molecule has 0 spiro atoms. The van der Waals surface area contributed by atoms with Crippen molar-refractivity contribution in [3.8, 4) is 0 Å². The average Bonchev–Trinajstić information content (AvgIpc) is 3.81. The topological polar surface area (TPSA) is 199 Å². The first-order valence-electron chi connectivity index (χ1n) is 18.9. The molecule has 0 saturated heterocycles. The molecule has 0 aliphatic heterocycles. The van der Waals surface area contributed by atoms with Gasteiger partial charge in [0.15, 0.2) is 0 Å². The highest BCUT2D eigenvalue weighted by atomic mass is 28.4. The van der Waals surface area contributed by atoms with Crippen LogP contribution >= 0.6 is 0 Å². The van der Waals surface area contributed by atoms with Gasteiger partial charge in [-0.15, -0.1) is 10.2 Å². The summed E-state index contributed by atoms with van der Waals surface area (Å²) < 4.78 is 38.7. The quantitative estimate of drug-likeness (QED) is 0.0618. The van der Waals surface area contributed by atoms with Crippen molar-refractivity contribution < 1.29 is 36.1 Å². The van der Waals surface area contributed by atoms with Crippen LogP contribution in [0.1, 0.15) is 76.9 Å². The standard InChI is InChI=1S/C34H60N10O8Si2/c1-7-47-53(48-8-2,49-9-3)21-13-19-35-33(45)37-23-31-27-43(41-39-31)25-29-15-17-30(18-16-29)26-44-28-32(40-42-44)24-38-34(46)36-20-14-22-54(50-10-4,51-11-5)52-12-6/h15-18,27-28H,7-14,19-26H2,1-6H3,(H2,35,37,45)(H2,36,38,46). The second-order valence-electron chi connectivity index (χ2n) is 12.0. The van der Waals surface area contributed by atoms with Gasteiger partial charge in [-0.25, -0.2) is 19.0 Å². The second kappa shape index (κ2) is 24.6. The Kier molecular flexibility index (Phi) is 20.3. The van der Waals surface area contributed by atoms with E-state index >= 15 is 0 Å². The molecule has 2 aromatic heterocycles. The molecule has 0 bridgehead atoms. The molecule has 0 saturated carbocycles. The van der Waals surface area contributed by atoms with Gasteiger partial charge in [0.25, 0.3) is 0 Å². The van der Waals surface area contributed by atoms with Crippen molar-refractivity contribution in [2.75, 3.05) is 52.7 Å². The van der Waals surface area contributed by atoms with E-state index in [1.165, 1.54) is 0 Å². The summed E-state index contributed by atoms with van der Waals surface area (Å²) in [5.74, 6) is 0. The molecule has 0 unspecified atom stereocenters. The van der Waals surface area contributed by atoms with Gasteiger partial charge in [-0.3, -0.25) is 0 Å². The number of nitrogens with one attached hydrogen (secondary N) is 4. The molecule has 0 aliphatic carbocycles. The first kappa shape index (κ1) is 44.6. The molecule has 18 nitrogen and oxygen atoms in total. The summed E-state index contributed by atoms with van der Waals surface area (Å²) >= 11 is 0. The summed E-state index contributed by atoms with van der Waals surface area (Å²) in [5, 5.41) is 28.2. The Morgan fingerprint density at radius 1 is 0.556 bits per heavy atom. The number of hydrogen-bond acceptors (Lipinski definition) is 12. The molecule has 0 radical (unpaired) electrons. The normalized spacial score (nSPS) is 11.8. The van der Waals surface area contributed by atoms with Gasteiger partial charge in [-0.2, -0.15) is 0 Å². The van der Waals surface area contributed by atoms with E-state index in [0.29, 0.717) is 102 Å². The number of aromatic nitrogens is 6. The van der Waals surface area contributed by atoms with Gasteiger partial charge in [-0.1, -0.05) is 34.7 Å². The van der Waals surface area contributed by atoms with Crippen molar-refractivity contribution in [3.63, 3.8) is 0 Å². The molecule has 302 valence electrons. The van der Waals surface area contributed by atoms with E-state index in [1.807, 2.05) is 78.2 Å². The van der Waals surface area contributed by atoms with E-state index in [-0.39, 0.29) is 25.2 Å². The SMILES string of the molecule is CCO[Si](CCCNC(=O)NCc1cn(Cc2ccc(Cn3cc(CNC(=O)NCCC[Si](OCC)(OCC)OCC)nn3)cc2)nn1)(OCC)OCC. The highest BCUT2D eigenvalue weighted by Gasteiger charge is 2.40. The van der Waals surface area contributed by atoms with E-state index < -0.39 is 17.6 Å². The highest BCUT2D eigenvalue weighted by Crippen LogP contribution is 2.19. The highest BCUT2D eigenvalue weighted by molar-refractivity contribution is 6.61. The van der Waals surface area contributed by atoms with E-state index in [0.717, 1.165) is 11.1 Å². The Morgan fingerprint density at radius 2 is 0.889 bits per heavy atom. The lowest BCUT2D eigenvalue weighted by Crippen LogP contribution is -2.46. The lowest BCUT2D eigenvalue weighted by atomic mass is 10.1. The summed E-state index contributed by atoms with van der Waals surface area (Å²) in [5.41, 5.74) is 3.39. The van der Waals surface area contributed by atoms with Gasteiger partial charge >= 0.3 is 29.7 Å². The van der Waals surface area contributed by atoms with Crippen molar-refractivity contribution in [2.24, 2.45) is 0 Å². The maximum atomic E-state index is 12.4. The Morgan fingerprint density at radius 3 is 1.20 bits per heavy atom. The fourth-order valence-corrected chi connectivity index (χ4v) is 10.8. The summed E-state index contributed by atoms with van der Waals surface area (Å²) in [6, 6.07) is 8.78. The lowest BCUT2D eigenvalue weighted by Gasteiger charge is -2.28. The third kappa shape index (κ3) is 15.9. The molecule has 3 rings (SSSR count). The van der Waals surface area contributed by atoms with Gasteiger partial charge in [-0.05, 0) is 65.5 Å². The van der Waals surface area contributed by atoms with Gasteiger partial charge in [0.1, 0.15) is 11.4 Å². The van der Waals surface area contributed by atoms with Crippen LogP contribution in [0.15, 0.2) is 36.7 Å². The fraction of sp³-hybridized carbons (Fsp3) is 0.647. The predicted molar refractivity (Wildman–Crippen MR) is 205 cm³/mol. The summed E-state index contributed by atoms with van der Waals surface area (Å²) in [6.07, 6.45) is 4.98. The molecule has 4 N–H and O–H groups in total. The number of rotatable bonds is 28. The first-order chi connectivity index (χ1) is 26.2. The van der Waals surface area contributed by atoms with Crippen molar-refractivity contribution in [1.29, 1.82) is 0 Å². The van der Waals surface area contributed by atoms with Crippen LogP contribution in [-0.4, -0.2) is 112 Å². The Labute approximate surface area is 321 Å². The zero-order chi connectivity index (χ0) is 39.1.